The second-order valence-corrected chi connectivity index (χ2v) is 8.41. The van der Waals surface area contributed by atoms with Crippen LogP contribution in [0.1, 0.15) is 30.2 Å². The standard InChI is InChI=1S/C25H25F2N3O3/c1-16(9-24(31)32)13-30-8-7-23-18(14-30)12-28-25(29-23)21-6-5-20(11-22(21)27)33-15-17-3-2-4-19(26)10-17/h2-6,10-12,16H,7-9,13-15H2,1H3,(H,31,32). The number of benzene rings is 2. The van der Waals surface area contributed by atoms with Crippen molar-refractivity contribution in [2.45, 2.75) is 32.9 Å². The summed E-state index contributed by atoms with van der Waals surface area (Å²) in [5, 5.41) is 8.95. The van der Waals surface area contributed by atoms with E-state index in [1.54, 1.807) is 30.5 Å². The fourth-order valence-electron chi connectivity index (χ4n) is 4.02. The van der Waals surface area contributed by atoms with E-state index in [1.807, 2.05) is 6.92 Å². The Morgan fingerprint density at radius 2 is 2.09 bits per heavy atom. The van der Waals surface area contributed by atoms with Gasteiger partial charge in [-0.1, -0.05) is 19.1 Å². The third-order valence-electron chi connectivity index (χ3n) is 5.58. The van der Waals surface area contributed by atoms with Crippen molar-refractivity contribution in [1.82, 2.24) is 14.9 Å². The number of ether oxygens (including phenoxy) is 1. The molecule has 0 radical (unpaired) electrons. The number of aromatic nitrogens is 2. The lowest BCUT2D eigenvalue weighted by Crippen LogP contribution is -2.35. The van der Waals surface area contributed by atoms with E-state index in [0.717, 1.165) is 17.8 Å². The Hall–Kier alpha value is -3.39. The van der Waals surface area contributed by atoms with Gasteiger partial charge in [0.2, 0.25) is 0 Å². The fraction of sp³-hybridized carbons (Fsp3) is 0.320. The van der Waals surface area contributed by atoms with Gasteiger partial charge in [-0.15, -0.1) is 0 Å². The van der Waals surface area contributed by atoms with E-state index in [1.165, 1.54) is 18.2 Å². The molecule has 33 heavy (non-hydrogen) atoms. The SMILES string of the molecule is CC(CC(=O)O)CN1CCc2nc(-c3ccc(OCc4cccc(F)c4)cc3F)ncc2C1. The number of carboxylic acid groups (broad SMARTS) is 1. The monoisotopic (exact) mass is 453 g/mol. The second-order valence-electron chi connectivity index (χ2n) is 8.41. The molecule has 1 aliphatic rings. The van der Waals surface area contributed by atoms with Gasteiger partial charge in [0.1, 0.15) is 24.0 Å². The van der Waals surface area contributed by atoms with Crippen LogP contribution < -0.4 is 4.74 Å². The summed E-state index contributed by atoms with van der Waals surface area (Å²) in [4.78, 5) is 22.0. The minimum atomic E-state index is -0.791. The number of aliphatic carboxylic acids is 1. The molecule has 1 aromatic heterocycles. The maximum absolute atomic E-state index is 14.8. The molecule has 0 aliphatic carbocycles. The molecule has 0 spiro atoms. The molecular weight excluding hydrogens is 428 g/mol. The van der Waals surface area contributed by atoms with E-state index >= 15 is 0 Å². The molecule has 0 amide bonds. The van der Waals surface area contributed by atoms with Gasteiger partial charge in [0.05, 0.1) is 11.3 Å². The van der Waals surface area contributed by atoms with E-state index in [4.69, 9.17) is 9.84 Å². The predicted molar refractivity (Wildman–Crippen MR) is 119 cm³/mol. The number of halogens is 2. The average molecular weight is 453 g/mol. The molecule has 1 atom stereocenters. The van der Waals surface area contributed by atoms with Crippen LogP contribution >= 0.6 is 0 Å². The van der Waals surface area contributed by atoms with Crippen molar-refractivity contribution in [2.24, 2.45) is 5.92 Å². The number of rotatable bonds is 8. The smallest absolute Gasteiger partial charge is 0.303 e. The minimum absolute atomic E-state index is 0.0555. The maximum Gasteiger partial charge on any atom is 0.303 e. The van der Waals surface area contributed by atoms with Crippen molar-refractivity contribution in [1.29, 1.82) is 0 Å². The number of fused-ring (bicyclic) bond motifs is 1. The van der Waals surface area contributed by atoms with E-state index in [2.05, 4.69) is 14.9 Å². The molecule has 0 saturated heterocycles. The Kier molecular flexibility index (Phi) is 6.93. The zero-order valence-corrected chi connectivity index (χ0v) is 18.3. The Bertz CT molecular complexity index is 1160. The lowest BCUT2D eigenvalue weighted by atomic mass is 10.0. The Morgan fingerprint density at radius 3 is 2.85 bits per heavy atom. The molecule has 2 heterocycles. The lowest BCUT2D eigenvalue weighted by Gasteiger charge is -2.29. The van der Waals surface area contributed by atoms with Crippen LogP contribution in [0.15, 0.2) is 48.7 Å². The van der Waals surface area contributed by atoms with Gasteiger partial charge < -0.3 is 9.84 Å². The van der Waals surface area contributed by atoms with Crippen LogP contribution in [0.4, 0.5) is 8.78 Å². The largest absolute Gasteiger partial charge is 0.489 e. The highest BCUT2D eigenvalue weighted by atomic mass is 19.1. The van der Waals surface area contributed by atoms with Crippen LogP contribution in [-0.4, -0.2) is 39.0 Å². The quantitative estimate of drug-likeness (QED) is 0.543. The number of carboxylic acids is 1. The van der Waals surface area contributed by atoms with Gasteiger partial charge in [0, 0.05) is 50.3 Å². The molecule has 172 valence electrons. The first-order chi connectivity index (χ1) is 15.9. The highest BCUT2D eigenvalue weighted by molar-refractivity contribution is 5.67. The zero-order valence-electron chi connectivity index (χ0n) is 18.3. The molecule has 2 aromatic carbocycles. The number of hydrogen-bond acceptors (Lipinski definition) is 5. The second kappa shape index (κ2) is 10.0. The molecule has 8 heteroatoms. The highest BCUT2D eigenvalue weighted by Gasteiger charge is 2.21. The summed E-state index contributed by atoms with van der Waals surface area (Å²) in [6, 6.07) is 10.6. The lowest BCUT2D eigenvalue weighted by molar-refractivity contribution is -0.138. The van der Waals surface area contributed by atoms with Crippen LogP contribution in [0.3, 0.4) is 0 Å². The van der Waals surface area contributed by atoms with Crippen molar-refractivity contribution in [2.75, 3.05) is 13.1 Å². The molecule has 0 fully saturated rings. The predicted octanol–water partition coefficient (Wildman–Crippen LogP) is 4.47. The van der Waals surface area contributed by atoms with Gasteiger partial charge in [-0.3, -0.25) is 9.69 Å². The number of nitrogens with zero attached hydrogens (tertiary/aromatic N) is 3. The summed E-state index contributed by atoms with van der Waals surface area (Å²) in [6.45, 7) is 4.17. The molecule has 0 bridgehead atoms. The Morgan fingerprint density at radius 1 is 1.24 bits per heavy atom. The summed E-state index contributed by atoms with van der Waals surface area (Å²) in [7, 11) is 0. The third-order valence-corrected chi connectivity index (χ3v) is 5.58. The van der Waals surface area contributed by atoms with Crippen molar-refractivity contribution >= 4 is 5.97 Å². The van der Waals surface area contributed by atoms with Gasteiger partial charge >= 0.3 is 5.97 Å². The van der Waals surface area contributed by atoms with Crippen LogP contribution in [0.2, 0.25) is 0 Å². The summed E-state index contributed by atoms with van der Waals surface area (Å²) < 4.78 is 33.7. The van der Waals surface area contributed by atoms with Gasteiger partial charge in [0.25, 0.3) is 0 Å². The normalized spacial score (nSPS) is 14.5. The molecule has 1 N–H and O–H groups in total. The molecule has 1 aliphatic heterocycles. The van der Waals surface area contributed by atoms with Gasteiger partial charge in [-0.05, 0) is 35.7 Å². The maximum atomic E-state index is 14.8. The number of carbonyl (C=O) groups is 1. The highest BCUT2D eigenvalue weighted by Crippen LogP contribution is 2.26. The molecule has 0 saturated carbocycles. The zero-order chi connectivity index (χ0) is 23.4. The van der Waals surface area contributed by atoms with E-state index in [0.29, 0.717) is 36.6 Å². The van der Waals surface area contributed by atoms with E-state index in [-0.39, 0.29) is 30.3 Å². The Balaban J connectivity index is 1.42. The van der Waals surface area contributed by atoms with Crippen molar-refractivity contribution in [3.8, 4) is 17.1 Å². The van der Waals surface area contributed by atoms with E-state index in [9.17, 15) is 13.6 Å². The van der Waals surface area contributed by atoms with Crippen LogP contribution in [0.5, 0.6) is 5.75 Å². The van der Waals surface area contributed by atoms with Gasteiger partial charge in [0.15, 0.2) is 5.82 Å². The average Bonchev–Trinajstić information content (AvgIpc) is 2.77. The molecule has 4 rings (SSSR count). The van der Waals surface area contributed by atoms with Gasteiger partial charge in [-0.25, -0.2) is 18.7 Å². The van der Waals surface area contributed by atoms with Crippen LogP contribution in [0, 0.1) is 17.6 Å². The first-order valence-electron chi connectivity index (χ1n) is 10.8. The summed E-state index contributed by atoms with van der Waals surface area (Å²) in [5.41, 5.74) is 2.80. The molecule has 3 aromatic rings. The first-order valence-corrected chi connectivity index (χ1v) is 10.8. The summed E-state index contributed by atoms with van der Waals surface area (Å²) in [5.74, 6) is -0.924. The van der Waals surface area contributed by atoms with Crippen molar-refractivity contribution in [3.05, 3.63) is 77.1 Å². The van der Waals surface area contributed by atoms with Gasteiger partial charge in [-0.2, -0.15) is 0 Å². The first kappa shape index (κ1) is 22.8. The molecule has 1 unspecified atom stereocenters. The van der Waals surface area contributed by atoms with Crippen LogP contribution in [-0.2, 0) is 24.4 Å². The van der Waals surface area contributed by atoms with Crippen LogP contribution in [0.25, 0.3) is 11.4 Å². The molecular formula is C25H25F2N3O3. The Labute approximate surface area is 190 Å². The third kappa shape index (κ3) is 5.90. The number of hydrogen-bond donors (Lipinski definition) is 1. The van der Waals surface area contributed by atoms with Crippen molar-refractivity contribution < 1.29 is 23.4 Å². The fourth-order valence-corrected chi connectivity index (χ4v) is 4.02. The molecule has 6 nitrogen and oxygen atoms in total. The summed E-state index contributed by atoms with van der Waals surface area (Å²) >= 11 is 0. The van der Waals surface area contributed by atoms with E-state index < -0.39 is 11.8 Å². The topological polar surface area (TPSA) is 75.5 Å². The van der Waals surface area contributed by atoms with Crippen molar-refractivity contribution in [3.63, 3.8) is 0 Å². The summed E-state index contributed by atoms with van der Waals surface area (Å²) in [6.07, 6.45) is 2.56. The minimum Gasteiger partial charge on any atom is -0.489 e.